The monoisotopic (exact) mass is 310 g/mol. The maximum absolute atomic E-state index is 12.6. The van der Waals surface area contributed by atoms with Gasteiger partial charge in [0, 0.05) is 24.4 Å². The predicted molar refractivity (Wildman–Crippen MR) is 86.6 cm³/mol. The van der Waals surface area contributed by atoms with Gasteiger partial charge in [0.05, 0.1) is 12.0 Å². The van der Waals surface area contributed by atoms with E-state index < -0.39 is 0 Å². The second kappa shape index (κ2) is 5.66. The first-order valence-corrected chi connectivity index (χ1v) is 7.95. The van der Waals surface area contributed by atoms with E-state index in [1.165, 1.54) is 4.57 Å². The molecule has 0 spiro atoms. The summed E-state index contributed by atoms with van der Waals surface area (Å²) in [7, 11) is 0. The van der Waals surface area contributed by atoms with Crippen molar-refractivity contribution >= 4 is 11.6 Å². The zero-order valence-electron chi connectivity index (χ0n) is 12.6. The first-order valence-electron chi connectivity index (χ1n) is 7.95. The first-order chi connectivity index (χ1) is 11.3. The highest BCUT2D eigenvalue weighted by atomic mass is 16.5. The molecule has 2 aromatic rings. The fourth-order valence-electron chi connectivity index (χ4n) is 3.39. The summed E-state index contributed by atoms with van der Waals surface area (Å²) in [6.45, 7) is 0.733. The third kappa shape index (κ3) is 2.57. The zero-order chi connectivity index (χ0) is 15.8. The highest BCUT2D eigenvalue weighted by molar-refractivity contribution is 5.95. The van der Waals surface area contributed by atoms with E-state index >= 15 is 0 Å². The minimum atomic E-state index is -0.225. The van der Waals surface area contributed by atoms with E-state index in [1.54, 1.807) is 18.3 Å². The average molecular weight is 310 g/mol. The van der Waals surface area contributed by atoms with Crippen LogP contribution in [0.5, 0.6) is 0 Å². The molecular weight excluding hydrogens is 292 g/mol. The van der Waals surface area contributed by atoms with Gasteiger partial charge >= 0.3 is 0 Å². The molecule has 2 aliphatic rings. The Morgan fingerprint density at radius 1 is 1.17 bits per heavy atom. The lowest BCUT2D eigenvalue weighted by molar-refractivity contribution is -0.118. The minimum absolute atomic E-state index is 0.0452. The van der Waals surface area contributed by atoms with Crippen molar-refractivity contribution in [2.75, 3.05) is 11.9 Å². The van der Waals surface area contributed by atoms with E-state index in [-0.39, 0.29) is 23.5 Å². The first kappa shape index (κ1) is 14.2. The molecule has 0 unspecified atom stereocenters. The number of amides is 1. The number of carbonyl (C=O) groups excluding carboxylic acids is 1. The molecule has 5 heteroatoms. The number of hydrogen-bond acceptors (Lipinski definition) is 3. The number of nitrogens with one attached hydrogen (secondary N) is 1. The maximum Gasteiger partial charge on any atom is 0.278 e. The van der Waals surface area contributed by atoms with Crippen molar-refractivity contribution in [3.8, 4) is 5.69 Å². The number of ether oxygens (including phenoxy) is 1. The molecule has 2 fully saturated rings. The fourth-order valence-corrected chi connectivity index (χ4v) is 3.39. The van der Waals surface area contributed by atoms with Gasteiger partial charge in [-0.15, -0.1) is 0 Å². The summed E-state index contributed by atoms with van der Waals surface area (Å²) in [6, 6.07) is 12.8. The Balaban J connectivity index is 1.56. The highest BCUT2D eigenvalue weighted by Crippen LogP contribution is 2.48. The molecule has 1 N–H and O–H groups in total. The predicted octanol–water partition coefficient (Wildman–Crippen LogP) is 2.20. The van der Waals surface area contributed by atoms with Crippen molar-refractivity contribution in [2.24, 2.45) is 11.8 Å². The molecule has 1 aromatic carbocycles. The highest BCUT2D eigenvalue weighted by Gasteiger charge is 2.56. The van der Waals surface area contributed by atoms with Crippen LogP contribution in [0.1, 0.15) is 12.8 Å². The van der Waals surface area contributed by atoms with E-state index in [4.69, 9.17) is 4.74 Å². The van der Waals surface area contributed by atoms with Crippen LogP contribution in [0.15, 0.2) is 53.5 Å². The third-order valence-electron chi connectivity index (χ3n) is 4.63. The molecule has 23 heavy (non-hydrogen) atoms. The second-order valence-corrected chi connectivity index (χ2v) is 6.09. The number of pyridine rings is 1. The molecule has 1 saturated carbocycles. The van der Waals surface area contributed by atoms with E-state index in [9.17, 15) is 9.59 Å². The summed E-state index contributed by atoms with van der Waals surface area (Å²) in [5.41, 5.74) is 0.860. The zero-order valence-corrected chi connectivity index (χ0v) is 12.6. The lowest BCUT2D eigenvalue weighted by Crippen LogP contribution is -2.26. The van der Waals surface area contributed by atoms with E-state index in [2.05, 4.69) is 5.32 Å². The molecule has 3 atom stereocenters. The van der Waals surface area contributed by atoms with Crippen LogP contribution in [0.4, 0.5) is 5.69 Å². The van der Waals surface area contributed by atoms with Crippen molar-refractivity contribution < 1.29 is 9.53 Å². The third-order valence-corrected chi connectivity index (χ3v) is 4.63. The van der Waals surface area contributed by atoms with Crippen LogP contribution in [0.25, 0.3) is 5.69 Å². The van der Waals surface area contributed by atoms with Gasteiger partial charge in [-0.05, 0) is 37.1 Å². The number of anilines is 1. The molecule has 118 valence electrons. The molecule has 0 bridgehead atoms. The lowest BCUT2D eigenvalue weighted by Gasteiger charge is -2.09. The fraction of sp³-hybridized carbons (Fsp3) is 0.333. The average Bonchev–Trinajstić information content (AvgIpc) is 3.32. The van der Waals surface area contributed by atoms with Crippen LogP contribution in [-0.4, -0.2) is 23.2 Å². The smallest absolute Gasteiger partial charge is 0.278 e. The standard InChI is InChI=1S/C18H18N2O3/c21-17(15-13-8-5-11-23-16(13)15)19-14-9-4-10-20(18(14)22)12-6-2-1-3-7-12/h1-4,6-7,9-10,13,15-16H,5,8,11H2,(H,19,21)/t13-,15-,16-/m0/s1. The Bertz CT molecular complexity index is 772. The topological polar surface area (TPSA) is 60.3 Å². The van der Waals surface area contributed by atoms with E-state index in [1.807, 2.05) is 30.3 Å². The number of hydrogen-bond donors (Lipinski definition) is 1. The van der Waals surface area contributed by atoms with Gasteiger partial charge in [-0.1, -0.05) is 18.2 Å². The molecule has 5 nitrogen and oxygen atoms in total. The van der Waals surface area contributed by atoms with Gasteiger partial charge in [-0.2, -0.15) is 0 Å². The summed E-state index contributed by atoms with van der Waals surface area (Å²) in [5.74, 6) is 0.107. The van der Waals surface area contributed by atoms with Crippen LogP contribution in [0.3, 0.4) is 0 Å². The molecule has 2 heterocycles. The summed E-state index contributed by atoms with van der Waals surface area (Å²) in [6.07, 6.45) is 3.79. The SMILES string of the molecule is O=C(Nc1cccn(-c2ccccc2)c1=O)[C@H]1[C@@H]2CCCO[C@@H]21. The van der Waals surface area contributed by atoms with Gasteiger partial charge in [0.1, 0.15) is 5.69 Å². The van der Waals surface area contributed by atoms with E-state index in [0.717, 1.165) is 25.1 Å². The Labute approximate surface area is 133 Å². The second-order valence-electron chi connectivity index (χ2n) is 6.09. The van der Waals surface area contributed by atoms with Crippen molar-refractivity contribution in [3.63, 3.8) is 0 Å². The van der Waals surface area contributed by atoms with Crippen LogP contribution in [-0.2, 0) is 9.53 Å². The largest absolute Gasteiger partial charge is 0.377 e. The molecule has 1 amide bonds. The van der Waals surface area contributed by atoms with Crippen molar-refractivity contribution in [1.29, 1.82) is 0 Å². The quantitative estimate of drug-likeness (QED) is 0.945. The number of benzene rings is 1. The van der Waals surface area contributed by atoms with Gasteiger partial charge in [-0.25, -0.2) is 0 Å². The molecule has 1 aromatic heterocycles. The van der Waals surface area contributed by atoms with Crippen LogP contribution >= 0.6 is 0 Å². The summed E-state index contributed by atoms with van der Waals surface area (Å²) in [4.78, 5) is 25.0. The number of rotatable bonds is 3. The number of carbonyl (C=O) groups is 1. The Morgan fingerprint density at radius 3 is 2.74 bits per heavy atom. The van der Waals surface area contributed by atoms with Gasteiger partial charge in [-0.3, -0.25) is 14.2 Å². The number of nitrogens with zero attached hydrogens (tertiary/aromatic N) is 1. The van der Waals surface area contributed by atoms with Gasteiger partial charge in [0.2, 0.25) is 5.91 Å². The van der Waals surface area contributed by atoms with Crippen molar-refractivity contribution in [2.45, 2.75) is 18.9 Å². The number of aromatic nitrogens is 1. The van der Waals surface area contributed by atoms with Crippen molar-refractivity contribution in [1.82, 2.24) is 4.57 Å². The summed E-state index contributed by atoms with van der Waals surface area (Å²) >= 11 is 0. The number of para-hydroxylation sites is 1. The maximum atomic E-state index is 12.6. The molecule has 0 radical (unpaired) electrons. The van der Waals surface area contributed by atoms with Crippen LogP contribution in [0, 0.1) is 11.8 Å². The van der Waals surface area contributed by atoms with Crippen LogP contribution < -0.4 is 10.9 Å². The number of fused-ring (bicyclic) bond motifs is 1. The molecule has 1 saturated heterocycles. The van der Waals surface area contributed by atoms with Crippen molar-refractivity contribution in [3.05, 3.63) is 59.0 Å². The Kier molecular flexibility index (Phi) is 3.50. The van der Waals surface area contributed by atoms with Gasteiger partial charge in [0.25, 0.3) is 5.56 Å². The van der Waals surface area contributed by atoms with Crippen LogP contribution in [0.2, 0.25) is 0 Å². The summed E-state index contributed by atoms with van der Waals surface area (Å²) < 4.78 is 7.14. The summed E-state index contributed by atoms with van der Waals surface area (Å²) in [5, 5.41) is 2.79. The minimum Gasteiger partial charge on any atom is -0.377 e. The molecule has 1 aliphatic carbocycles. The van der Waals surface area contributed by atoms with Gasteiger partial charge < -0.3 is 10.1 Å². The van der Waals surface area contributed by atoms with Gasteiger partial charge in [0.15, 0.2) is 0 Å². The lowest BCUT2D eigenvalue weighted by atomic mass is 10.2. The molecule has 4 rings (SSSR count). The molecule has 1 aliphatic heterocycles. The Hall–Kier alpha value is -2.40. The van der Waals surface area contributed by atoms with E-state index in [0.29, 0.717) is 11.6 Å². The Morgan fingerprint density at radius 2 is 2.00 bits per heavy atom. The normalized spacial score (nSPS) is 25.5. The molecular formula is C18H18N2O3.